The molecule has 0 saturated carbocycles. The van der Waals surface area contributed by atoms with Gasteiger partial charge in [-0.3, -0.25) is 0 Å². The fourth-order valence-corrected chi connectivity index (χ4v) is 1.71. The number of hydrogen-bond acceptors (Lipinski definition) is 4. The molecule has 3 rings (SSSR count). The van der Waals surface area contributed by atoms with Crippen molar-refractivity contribution in [2.45, 2.75) is 6.10 Å². The lowest BCUT2D eigenvalue weighted by Gasteiger charge is -2.09. The summed E-state index contributed by atoms with van der Waals surface area (Å²) in [7, 11) is 0. The lowest BCUT2D eigenvalue weighted by atomic mass is 10.0. The first-order valence-corrected chi connectivity index (χ1v) is 4.94. The van der Waals surface area contributed by atoms with E-state index < -0.39 is 6.10 Å². The van der Waals surface area contributed by atoms with E-state index in [-0.39, 0.29) is 6.79 Å². The van der Waals surface area contributed by atoms with Crippen LogP contribution in [0, 0.1) is 0 Å². The molecule has 1 aliphatic heterocycles. The van der Waals surface area contributed by atoms with Crippen LogP contribution in [0.3, 0.4) is 0 Å². The van der Waals surface area contributed by atoms with Crippen LogP contribution in [-0.4, -0.2) is 11.9 Å². The van der Waals surface area contributed by atoms with Crippen molar-refractivity contribution >= 4 is 0 Å². The zero-order valence-electron chi connectivity index (χ0n) is 8.42. The molecule has 1 N–H and O–H groups in total. The van der Waals surface area contributed by atoms with Gasteiger partial charge in [0.2, 0.25) is 6.79 Å². The minimum absolute atomic E-state index is 0.237. The Morgan fingerprint density at radius 3 is 2.75 bits per heavy atom. The third-order valence-electron chi connectivity index (χ3n) is 2.57. The summed E-state index contributed by atoms with van der Waals surface area (Å²) < 4.78 is 15.4. The number of ether oxygens (including phenoxy) is 2. The molecule has 1 aromatic heterocycles. The topological polar surface area (TPSA) is 51.8 Å². The molecular formula is C12H10O4. The predicted molar refractivity (Wildman–Crippen MR) is 55.3 cm³/mol. The Hall–Kier alpha value is -1.94. The second kappa shape index (κ2) is 3.57. The van der Waals surface area contributed by atoms with Crippen LogP contribution >= 0.6 is 0 Å². The first-order chi connectivity index (χ1) is 7.84. The molecule has 1 aliphatic rings. The molecule has 2 aromatic rings. The van der Waals surface area contributed by atoms with Gasteiger partial charge in [-0.25, -0.2) is 0 Å². The van der Waals surface area contributed by atoms with Crippen molar-refractivity contribution in [1.82, 2.24) is 0 Å². The zero-order chi connectivity index (χ0) is 11.0. The molecule has 16 heavy (non-hydrogen) atoms. The smallest absolute Gasteiger partial charge is 0.231 e. The molecule has 1 atom stereocenters. The Labute approximate surface area is 92.0 Å². The summed E-state index contributed by atoms with van der Waals surface area (Å²) in [6.07, 6.45) is 2.36. The molecule has 0 fully saturated rings. The van der Waals surface area contributed by atoms with E-state index in [0.29, 0.717) is 11.5 Å². The summed E-state index contributed by atoms with van der Waals surface area (Å²) in [5, 5.41) is 10.1. The van der Waals surface area contributed by atoms with Crippen molar-refractivity contribution in [3.05, 3.63) is 47.9 Å². The number of rotatable bonds is 2. The first kappa shape index (κ1) is 9.30. The van der Waals surface area contributed by atoms with Crippen LogP contribution in [-0.2, 0) is 0 Å². The van der Waals surface area contributed by atoms with E-state index >= 15 is 0 Å². The fraction of sp³-hybridized carbons (Fsp3) is 0.167. The van der Waals surface area contributed by atoms with Crippen molar-refractivity contribution in [3.63, 3.8) is 0 Å². The minimum Gasteiger partial charge on any atom is -0.472 e. The van der Waals surface area contributed by atoms with E-state index in [4.69, 9.17) is 13.9 Å². The summed E-state index contributed by atoms with van der Waals surface area (Å²) in [6.45, 7) is 0.237. The maximum absolute atomic E-state index is 10.1. The Bertz CT molecular complexity index is 490. The van der Waals surface area contributed by atoms with E-state index in [1.165, 1.54) is 12.5 Å². The third-order valence-corrected chi connectivity index (χ3v) is 2.57. The highest BCUT2D eigenvalue weighted by Crippen LogP contribution is 2.35. The Morgan fingerprint density at radius 1 is 1.06 bits per heavy atom. The standard InChI is InChI=1S/C12H10O4/c13-12(9-3-4-14-6-9)8-1-2-10-11(5-8)16-7-15-10/h1-6,12-13H,7H2/t12-/m1/s1. The van der Waals surface area contributed by atoms with E-state index in [1.54, 1.807) is 18.2 Å². The number of fused-ring (bicyclic) bond motifs is 1. The third kappa shape index (κ3) is 1.44. The monoisotopic (exact) mass is 218 g/mol. The average Bonchev–Trinajstić information content (AvgIpc) is 2.98. The lowest BCUT2D eigenvalue weighted by molar-refractivity contribution is 0.173. The van der Waals surface area contributed by atoms with Gasteiger partial charge in [-0.15, -0.1) is 0 Å². The molecular weight excluding hydrogens is 208 g/mol. The van der Waals surface area contributed by atoms with Crippen LogP contribution < -0.4 is 9.47 Å². The second-order valence-corrected chi connectivity index (χ2v) is 3.57. The number of furan rings is 1. The van der Waals surface area contributed by atoms with E-state index in [9.17, 15) is 5.11 Å². The number of hydrogen-bond donors (Lipinski definition) is 1. The van der Waals surface area contributed by atoms with Gasteiger partial charge in [0.15, 0.2) is 11.5 Å². The highest BCUT2D eigenvalue weighted by molar-refractivity contribution is 5.46. The maximum Gasteiger partial charge on any atom is 0.231 e. The number of aliphatic hydroxyl groups excluding tert-OH is 1. The van der Waals surface area contributed by atoms with Crippen molar-refractivity contribution in [1.29, 1.82) is 0 Å². The summed E-state index contributed by atoms with van der Waals surface area (Å²) in [4.78, 5) is 0. The van der Waals surface area contributed by atoms with Crippen LogP contribution in [0.1, 0.15) is 17.2 Å². The Balaban J connectivity index is 1.95. The summed E-state index contributed by atoms with van der Waals surface area (Å²) in [6, 6.07) is 7.11. The van der Waals surface area contributed by atoms with Crippen LogP contribution in [0.15, 0.2) is 41.2 Å². The van der Waals surface area contributed by atoms with E-state index in [2.05, 4.69) is 0 Å². The van der Waals surface area contributed by atoms with Gasteiger partial charge in [-0.1, -0.05) is 6.07 Å². The second-order valence-electron chi connectivity index (χ2n) is 3.57. The SMILES string of the molecule is O[C@@H](c1ccoc1)c1ccc2c(c1)OCO2. The highest BCUT2D eigenvalue weighted by Gasteiger charge is 2.17. The van der Waals surface area contributed by atoms with E-state index in [1.807, 2.05) is 6.07 Å². The largest absolute Gasteiger partial charge is 0.472 e. The van der Waals surface area contributed by atoms with Crippen molar-refractivity contribution in [2.24, 2.45) is 0 Å². The average molecular weight is 218 g/mol. The van der Waals surface area contributed by atoms with Gasteiger partial charge in [0.1, 0.15) is 6.10 Å². The Morgan fingerprint density at radius 2 is 1.94 bits per heavy atom. The van der Waals surface area contributed by atoms with Crippen molar-refractivity contribution in [3.8, 4) is 11.5 Å². The van der Waals surface area contributed by atoms with Gasteiger partial charge >= 0.3 is 0 Å². The molecule has 0 saturated heterocycles. The van der Waals surface area contributed by atoms with Crippen molar-refractivity contribution in [2.75, 3.05) is 6.79 Å². The Kier molecular flexibility index (Phi) is 2.08. The number of benzene rings is 1. The molecule has 0 amide bonds. The van der Waals surface area contributed by atoms with Crippen LogP contribution in [0.4, 0.5) is 0 Å². The molecule has 4 heteroatoms. The summed E-state index contributed by atoms with van der Waals surface area (Å²) in [5.41, 5.74) is 1.48. The number of aliphatic hydroxyl groups is 1. The normalized spacial score (nSPS) is 15.1. The molecule has 2 heterocycles. The first-order valence-electron chi connectivity index (χ1n) is 4.94. The molecule has 0 unspecified atom stereocenters. The van der Waals surface area contributed by atoms with Crippen LogP contribution in [0.25, 0.3) is 0 Å². The zero-order valence-corrected chi connectivity index (χ0v) is 8.42. The summed E-state index contributed by atoms with van der Waals surface area (Å²) >= 11 is 0. The minimum atomic E-state index is -0.701. The van der Waals surface area contributed by atoms with Gasteiger partial charge in [-0.2, -0.15) is 0 Å². The van der Waals surface area contributed by atoms with Crippen molar-refractivity contribution < 1.29 is 19.0 Å². The molecule has 1 aromatic carbocycles. The molecule has 0 radical (unpaired) electrons. The van der Waals surface area contributed by atoms with Gasteiger partial charge in [0, 0.05) is 5.56 Å². The molecule has 82 valence electrons. The van der Waals surface area contributed by atoms with Gasteiger partial charge in [-0.05, 0) is 23.8 Å². The molecule has 0 bridgehead atoms. The van der Waals surface area contributed by atoms with Gasteiger partial charge in [0.05, 0.1) is 12.5 Å². The highest BCUT2D eigenvalue weighted by atomic mass is 16.7. The van der Waals surface area contributed by atoms with E-state index in [0.717, 1.165) is 11.1 Å². The van der Waals surface area contributed by atoms with Gasteiger partial charge in [0.25, 0.3) is 0 Å². The molecule has 0 aliphatic carbocycles. The fourth-order valence-electron chi connectivity index (χ4n) is 1.71. The predicted octanol–water partition coefficient (Wildman–Crippen LogP) is 2.09. The molecule has 4 nitrogen and oxygen atoms in total. The quantitative estimate of drug-likeness (QED) is 0.838. The molecule has 0 spiro atoms. The van der Waals surface area contributed by atoms with Gasteiger partial charge < -0.3 is 19.0 Å². The maximum atomic E-state index is 10.1. The van der Waals surface area contributed by atoms with Crippen LogP contribution in [0.5, 0.6) is 11.5 Å². The van der Waals surface area contributed by atoms with Crippen LogP contribution in [0.2, 0.25) is 0 Å². The summed E-state index contributed by atoms with van der Waals surface area (Å²) in [5.74, 6) is 1.38. The lowest BCUT2D eigenvalue weighted by Crippen LogP contribution is -1.97.